The second-order valence-electron chi connectivity index (χ2n) is 1.84. The Morgan fingerprint density at radius 2 is 2.00 bits per heavy atom. The van der Waals surface area contributed by atoms with Crippen LogP contribution in [0.25, 0.3) is 0 Å². The third-order valence-electron chi connectivity index (χ3n) is 0.901. The predicted molar refractivity (Wildman–Crippen MR) is 37.5 cm³/mol. The van der Waals surface area contributed by atoms with Gasteiger partial charge in [-0.3, -0.25) is 4.68 Å². The molecule has 0 fully saturated rings. The molecule has 0 spiro atoms. The maximum Gasteiger partial charge on any atom is 0.0801 e. The van der Waals surface area contributed by atoms with Crippen LogP contribution >= 0.6 is 0 Å². The van der Waals surface area contributed by atoms with E-state index >= 15 is 0 Å². The van der Waals surface area contributed by atoms with Crippen molar-refractivity contribution in [1.29, 1.82) is 0 Å². The first-order valence-corrected chi connectivity index (χ1v) is 2.47. The van der Waals surface area contributed by atoms with Crippen molar-refractivity contribution in [2.45, 2.75) is 5.24 Å². The minimum Gasteiger partial charge on any atom is -0.293 e. The summed E-state index contributed by atoms with van der Waals surface area (Å²) in [7, 11) is 15.8. The fourth-order valence-corrected chi connectivity index (χ4v) is 0.498. The molecule has 0 amide bonds. The van der Waals surface area contributed by atoms with Gasteiger partial charge in [0.05, 0.1) is 23.5 Å². The Kier molecular flexibility index (Phi) is 1.43. The van der Waals surface area contributed by atoms with Gasteiger partial charge in [0.2, 0.25) is 0 Å². The van der Waals surface area contributed by atoms with E-state index in [2.05, 4.69) is 5.10 Å². The van der Waals surface area contributed by atoms with Gasteiger partial charge in [0.25, 0.3) is 0 Å². The molecule has 0 aliphatic heterocycles. The molecule has 1 aromatic heterocycles. The van der Waals surface area contributed by atoms with Crippen LogP contribution in [0.1, 0.15) is 0 Å². The van der Waals surface area contributed by atoms with E-state index in [1.165, 1.54) is 4.68 Å². The summed E-state index contributed by atoms with van der Waals surface area (Å²) in [5.74, 6) is 0. The van der Waals surface area contributed by atoms with Gasteiger partial charge in [0, 0.05) is 12.4 Å². The molecule has 1 rings (SSSR count). The summed E-state index contributed by atoms with van der Waals surface area (Å²) in [5.41, 5.74) is 0. The van der Waals surface area contributed by atoms with E-state index in [0.717, 1.165) is 0 Å². The Hall–Kier alpha value is -0.595. The van der Waals surface area contributed by atoms with Gasteiger partial charge in [0.15, 0.2) is 0 Å². The molecule has 6 radical (unpaired) electrons. The van der Waals surface area contributed by atoms with Crippen molar-refractivity contribution in [1.82, 2.24) is 9.78 Å². The molecule has 1 heterocycles. The van der Waals surface area contributed by atoms with Gasteiger partial charge in [0.1, 0.15) is 0 Å². The maximum atomic E-state index is 5.26. The average molecular weight is 112 g/mol. The van der Waals surface area contributed by atoms with Crippen molar-refractivity contribution < 1.29 is 0 Å². The summed E-state index contributed by atoms with van der Waals surface area (Å²) in [4.78, 5) is 0. The number of rotatable bonds is 1. The number of hydrogen-bond donors (Lipinski definition) is 0. The highest BCUT2D eigenvalue weighted by Crippen LogP contribution is 1.97. The van der Waals surface area contributed by atoms with Crippen molar-refractivity contribution in [2.75, 3.05) is 0 Å². The topological polar surface area (TPSA) is 17.8 Å². The van der Waals surface area contributed by atoms with Crippen LogP contribution in [-0.4, -0.2) is 33.3 Å². The lowest BCUT2D eigenvalue weighted by molar-refractivity contribution is 0.671. The lowest BCUT2D eigenvalue weighted by Crippen LogP contribution is -2.35. The van der Waals surface area contributed by atoms with Gasteiger partial charge in [-0.25, -0.2) is 0 Å². The molecule has 0 aliphatic carbocycles. The van der Waals surface area contributed by atoms with Gasteiger partial charge in [-0.05, 0) is 11.3 Å². The molecule has 0 aliphatic rings. The Balaban J connectivity index is 2.90. The van der Waals surface area contributed by atoms with Gasteiger partial charge in [-0.15, -0.1) is 0 Å². The quantitative estimate of drug-likeness (QED) is 0.423. The molecule has 5 heteroatoms. The molecule has 38 valence electrons. The first kappa shape index (κ1) is 6.52. The molecule has 0 atom stereocenters. The van der Waals surface area contributed by atoms with E-state index in [9.17, 15) is 0 Å². The summed E-state index contributed by atoms with van der Waals surface area (Å²) in [5, 5.41) is 2.36. The third-order valence-corrected chi connectivity index (χ3v) is 0.901. The Labute approximate surface area is 57.9 Å². The first-order chi connectivity index (χ1) is 4.11. The van der Waals surface area contributed by atoms with Crippen LogP contribution < -0.4 is 0 Å². The van der Waals surface area contributed by atoms with Crippen LogP contribution in [0.3, 0.4) is 0 Å². The largest absolute Gasteiger partial charge is 0.293 e. The van der Waals surface area contributed by atoms with Crippen molar-refractivity contribution in [3.63, 3.8) is 0 Å². The molecule has 0 unspecified atom stereocenters. The van der Waals surface area contributed by atoms with Crippen LogP contribution in [-0.2, 0) is 5.24 Å². The van der Waals surface area contributed by atoms with Crippen molar-refractivity contribution in [3.8, 4) is 0 Å². The second kappa shape index (κ2) is 1.97. The van der Waals surface area contributed by atoms with E-state index < -0.39 is 5.24 Å². The van der Waals surface area contributed by atoms with Crippen LogP contribution in [0, 0.1) is 0 Å². The predicted octanol–water partition coefficient (Wildman–Crippen LogP) is -1.04. The number of nitrogens with zero attached hydrogens (tertiary/aromatic N) is 2. The normalized spacial score (nSPS) is 11.6. The average Bonchev–Trinajstić information content (AvgIpc) is 2.08. The molecule has 2 nitrogen and oxygen atoms in total. The summed E-state index contributed by atoms with van der Waals surface area (Å²) >= 11 is 0. The van der Waals surface area contributed by atoms with Crippen LogP contribution in [0.15, 0.2) is 18.5 Å². The molecular weight excluding hydrogens is 108 g/mol. The summed E-state index contributed by atoms with van der Waals surface area (Å²) in [6, 6.07) is 1.70. The lowest BCUT2D eigenvalue weighted by Gasteiger charge is -2.20. The fourth-order valence-electron chi connectivity index (χ4n) is 0.498. The van der Waals surface area contributed by atoms with E-state index in [-0.39, 0.29) is 0 Å². The fraction of sp³-hybridized carbons (Fsp3) is 0.250. The van der Waals surface area contributed by atoms with Crippen LogP contribution in [0.2, 0.25) is 0 Å². The molecule has 1 aromatic rings. The van der Waals surface area contributed by atoms with Gasteiger partial charge >= 0.3 is 0 Å². The standard InChI is InChI=1S/C4H3B3N2/c5-4(6,7)9-3-1-2-8-9/h1-3H. The smallest absolute Gasteiger partial charge is 0.0801 e. The number of aromatic nitrogens is 2. The molecule has 9 heavy (non-hydrogen) atoms. The van der Waals surface area contributed by atoms with Gasteiger partial charge in [-0.2, -0.15) is 5.10 Å². The summed E-state index contributed by atoms with van der Waals surface area (Å²) in [6.07, 6.45) is 3.15. The maximum absolute atomic E-state index is 5.26. The van der Waals surface area contributed by atoms with Crippen LogP contribution in [0.5, 0.6) is 0 Å². The first-order valence-electron chi connectivity index (χ1n) is 2.47. The summed E-state index contributed by atoms with van der Waals surface area (Å²) < 4.78 is 1.27. The van der Waals surface area contributed by atoms with Gasteiger partial charge in [-0.1, -0.05) is 0 Å². The Bertz CT molecular complexity index is 176. The van der Waals surface area contributed by atoms with Crippen LogP contribution in [0.4, 0.5) is 0 Å². The highest BCUT2D eigenvalue weighted by Gasteiger charge is 2.09. The zero-order valence-electron chi connectivity index (χ0n) is 4.86. The lowest BCUT2D eigenvalue weighted by atomic mass is 9.49. The Morgan fingerprint density at radius 3 is 2.22 bits per heavy atom. The second-order valence-corrected chi connectivity index (χ2v) is 1.84. The zero-order valence-corrected chi connectivity index (χ0v) is 4.86. The van der Waals surface area contributed by atoms with E-state index in [0.29, 0.717) is 0 Å². The SMILES string of the molecule is [B]C([B])([B])n1cccn1. The van der Waals surface area contributed by atoms with Gasteiger partial charge < -0.3 is 0 Å². The van der Waals surface area contributed by atoms with E-state index in [1.54, 1.807) is 18.5 Å². The molecular formula is C4H3B3N2. The molecule has 0 bridgehead atoms. The number of hydrogen-bond acceptors (Lipinski definition) is 1. The van der Waals surface area contributed by atoms with E-state index in [1.807, 2.05) is 0 Å². The molecule has 0 saturated carbocycles. The minimum absolute atomic E-state index is 1.27. The summed E-state index contributed by atoms with van der Waals surface area (Å²) in [6.45, 7) is 0. The highest BCUT2D eigenvalue weighted by atomic mass is 15.3. The molecule has 0 N–H and O–H groups in total. The monoisotopic (exact) mass is 112 g/mol. The molecule has 0 aromatic carbocycles. The zero-order chi connectivity index (χ0) is 6.91. The molecule has 0 saturated heterocycles. The van der Waals surface area contributed by atoms with Crippen molar-refractivity contribution in [2.24, 2.45) is 0 Å². The van der Waals surface area contributed by atoms with Crippen molar-refractivity contribution in [3.05, 3.63) is 18.5 Å². The third kappa shape index (κ3) is 1.41. The van der Waals surface area contributed by atoms with E-state index in [4.69, 9.17) is 23.5 Å². The highest BCUT2D eigenvalue weighted by molar-refractivity contribution is 6.56. The Morgan fingerprint density at radius 1 is 1.33 bits per heavy atom. The minimum atomic E-state index is -1.37. The van der Waals surface area contributed by atoms with Crippen molar-refractivity contribution >= 4 is 23.5 Å².